The zero-order chi connectivity index (χ0) is 14.9. The van der Waals surface area contributed by atoms with Gasteiger partial charge in [-0.15, -0.1) is 0 Å². The first kappa shape index (κ1) is 14.8. The lowest BCUT2D eigenvalue weighted by molar-refractivity contribution is -0.154. The summed E-state index contributed by atoms with van der Waals surface area (Å²) in [6, 6.07) is 3.64. The predicted octanol–water partition coefficient (Wildman–Crippen LogP) is 3.01. The van der Waals surface area contributed by atoms with Crippen molar-refractivity contribution in [3.8, 4) is 0 Å². The molecule has 1 aliphatic carbocycles. The third-order valence-electron chi connectivity index (χ3n) is 3.26. The molecule has 1 amide bonds. The SMILES string of the molecule is C[C@H](OC(=O)[C@H]1C[C@@H]1C)C(=O)Nc1ccc(F)cc1Cl. The highest BCUT2D eigenvalue weighted by Gasteiger charge is 2.41. The predicted molar refractivity (Wildman–Crippen MR) is 72.9 cm³/mol. The fraction of sp³-hybridized carbons (Fsp3) is 0.429. The van der Waals surface area contributed by atoms with E-state index in [4.69, 9.17) is 16.3 Å². The third-order valence-corrected chi connectivity index (χ3v) is 3.58. The summed E-state index contributed by atoms with van der Waals surface area (Å²) in [7, 11) is 0. The Morgan fingerprint density at radius 2 is 2.15 bits per heavy atom. The standard InChI is InChI=1S/C14H15ClFNO3/c1-7-5-10(7)14(19)20-8(2)13(18)17-12-4-3-9(16)6-11(12)15/h3-4,6-8,10H,5H2,1-2H3,(H,17,18)/t7-,8-,10-/m0/s1. The number of carbonyl (C=O) groups is 2. The number of benzene rings is 1. The highest BCUT2D eigenvalue weighted by Crippen LogP contribution is 2.38. The normalized spacial score (nSPS) is 22.0. The molecular weight excluding hydrogens is 285 g/mol. The second kappa shape index (κ2) is 5.79. The summed E-state index contributed by atoms with van der Waals surface area (Å²) < 4.78 is 18.0. The molecule has 6 heteroatoms. The number of anilines is 1. The topological polar surface area (TPSA) is 55.4 Å². The quantitative estimate of drug-likeness (QED) is 0.870. The van der Waals surface area contributed by atoms with Gasteiger partial charge in [0.2, 0.25) is 0 Å². The summed E-state index contributed by atoms with van der Waals surface area (Å²) in [5.74, 6) is -1.12. The zero-order valence-electron chi connectivity index (χ0n) is 11.2. The van der Waals surface area contributed by atoms with Gasteiger partial charge < -0.3 is 10.1 Å². The van der Waals surface area contributed by atoms with Gasteiger partial charge in [-0.25, -0.2) is 4.39 Å². The Hall–Kier alpha value is -1.62. The first-order chi connectivity index (χ1) is 9.38. The van der Waals surface area contributed by atoms with Gasteiger partial charge in [0, 0.05) is 0 Å². The maximum absolute atomic E-state index is 12.9. The van der Waals surface area contributed by atoms with E-state index in [9.17, 15) is 14.0 Å². The minimum absolute atomic E-state index is 0.0905. The molecule has 1 aliphatic rings. The Morgan fingerprint density at radius 1 is 1.50 bits per heavy atom. The van der Waals surface area contributed by atoms with E-state index in [0.717, 1.165) is 12.5 Å². The van der Waals surface area contributed by atoms with Crippen molar-refractivity contribution in [3.63, 3.8) is 0 Å². The summed E-state index contributed by atoms with van der Waals surface area (Å²) in [5, 5.41) is 2.59. The van der Waals surface area contributed by atoms with E-state index in [1.165, 1.54) is 19.1 Å². The van der Waals surface area contributed by atoms with Gasteiger partial charge in [0.05, 0.1) is 16.6 Å². The number of ether oxygens (including phenoxy) is 1. The van der Waals surface area contributed by atoms with Gasteiger partial charge in [-0.2, -0.15) is 0 Å². The Labute approximate surface area is 121 Å². The number of halogens is 2. The third kappa shape index (κ3) is 3.48. The van der Waals surface area contributed by atoms with Gasteiger partial charge in [0.1, 0.15) is 5.82 Å². The number of esters is 1. The number of nitrogens with one attached hydrogen (secondary N) is 1. The number of rotatable bonds is 4. The monoisotopic (exact) mass is 299 g/mol. The van der Waals surface area contributed by atoms with Crippen LogP contribution in [-0.4, -0.2) is 18.0 Å². The lowest BCUT2D eigenvalue weighted by Gasteiger charge is -2.14. The molecule has 0 unspecified atom stereocenters. The molecular formula is C14H15ClFNO3. The van der Waals surface area contributed by atoms with Crippen LogP contribution in [0.25, 0.3) is 0 Å². The largest absolute Gasteiger partial charge is 0.452 e. The Balaban J connectivity index is 1.92. The molecule has 2 rings (SSSR count). The molecule has 0 aromatic heterocycles. The Kier molecular flexibility index (Phi) is 4.28. The molecule has 0 aliphatic heterocycles. The van der Waals surface area contributed by atoms with Gasteiger partial charge in [-0.3, -0.25) is 9.59 Å². The number of amides is 1. The lowest BCUT2D eigenvalue weighted by atomic mass is 10.3. The van der Waals surface area contributed by atoms with Crippen molar-refractivity contribution in [1.82, 2.24) is 0 Å². The van der Waals surface area contributed by atoms with E-state index in [-0.39, 0.29) is 22.6 Å². The van der Waals surface area contributed by atoms with Crippen LogP contribution >= 0.6 is 11.6 Å². The van der Waals surface area contributed by atoms with E-state index >= 15 is 0 Å². The summed E-state index contributed by atoms with van der Waals surface area (Å²) in [6.45, 7) is 3.44. The maximum Gasteiger partial charge on any atom is 0.309 e. The molecule has 4 nitrogen and oxygen atoms in total. The van der Waals surface area contributed by atoms with Crippen LogP contribution in [0.1, 0.15) is 20.3 Å². The van der Waals surface area contributed by atoms with Gasteiger partial charge in [0.15, 0.2) is 6.10 Å². The first-order valence-corrected chi connectivity index (χ1v) is 6.72. The van der Waals surface area contributed by atoms with Crippen molar-refractivity contribution in [2.24, 2.45) is 11.8 Å². The summed E-state index contributed by atoms with van der Waals surface area (Å²) in [6.07, 6.45) is -0.117. The Morgan fingerprint density at radius 3 is 2.70 bits per heavy atom. The zero-order valence-corrected chi connectivity index (χ0v) is 11.9. The molecule has 20 heavy (non-hydrogen) atoms. The molecule has 1 fully saturated rings. The molecule has 0 saturated heterocycles. The fourth-order valence-corrected chi connectivity index (χ4v) is 2.01. The summed E-state index contributed by atoms with van der Waals surface area (Å²) >= 11 is 5.80. The minimum atomic E-state index is -0.920. The molecule has 3 atom stereocenters. The molecule has 108 valence electrons. The van der Waals surface area contributed by atoms with E-state index in [0.29, 0.717) is 5.92 Å². The Bertz CT molecular complexity index is 549. The van der Waals surface area contributed by atoms with Crippen LogP contribution in [0.15, 0.2) is 18.2 Å². The van der Waals surface area contributed by atoms with E-state index in [2.05, 4.69) is 5.32 Å². The van der Waals surface area contributed by atoms with Crippen LogP contribution in [0, 0.1) is 17.7 Å². The highest BCUT2D eigenvalue weighted by atomic mass is 35.5. The van der Waals surface area contributed by atoms with Crippen molar-refractivity contribution < 1.29 is 18.7 Å². The van der Waals surface area contributed by atoms with E-state index in [1.54, 1.807) is 0 Å². The van der Waals surface area contributed by atoms with Crippen molar-refractivity contribution in [3.05, 3.63) is 29.0 Å². The minimum Gasteiger partial charge on any atom is -0.452 e. The van der Waals surface area contributed by atoms with Crippen molar-refractivity contribution in [1.29, 1.82) is 0 Å². The molecule has 1 aromatic rings. The maximum atomic E-state index is 12.9. The van der Waals surface area contributed by atoms with Crippen LogP contribution in [0.3, 0.4) is 0 Å². The average molecular weight is 300 g/mol. The lowest BCUT2D eigenvalue weighted by Crippen LogP contribution is -2.30. The van der Waals surface area contributed by atoms with Crippen LogP contribution in [0.2, 0.25) is 5.02 Å². The van der Waals surface area contributed by atoms with Gasteiger partial charge in [0.25, 0.3) is 5.91 Å². The van der Waals surface area contributed by atoms with Crippen molar-refractivity contribution in [2.45, 2.75) is 26.4 Å². The molecule has 1 saturated carbocycles. The van der Waals surface area contributed by atoms with Crippen LogP contribution in [0.5, 0.6) is 0 Å². The molecule has 0 heterocycles. The number of hydrogen-bond donors (Lipinski definition) is 1. The molecule has 1 aromatic carbocycles. The van der Waals surface area contributed by atoms with Crippen molar-refractivity contribution >= 4 is 29.2 Å². The van der Waals surface area contributed by atoms with E-state index in [1.807, 2.05) is 6.92 Å². The summed E-state index contributed by atoms with van der Waals surface area (Å²) in [4.78, 5) is 23.5. The second-order valence-electron chi connectivity index (χ2n) is 5.01. The fourth-order valence-electron chi connectivity index (χ4n) is 1.79. The van der Waals surface area contributed by atoms with Gasteiger partial charge in [-0.1, -0.05) is 18.5 Å². The number of hydrogen-bond acceptors (Lipinski definition) is 3. The molecule has 1 N–H and O–H groups in total. The van der Waals surface area contributed by atoms with Gasteiger partial charge >= 0.3 is 5.97 Å². The van der Waals surface area contributed by atoms with Crippen LogP contribution in [0.4, 0.5) is 10.1 Å². The molecule has 0 spiro atoms. The second-order valence-corrected chi connectivity index (χ2v) is 5.42. The first-order valence-electron chi connectivity index (χ1n) is 6.35. The number of carbonyl (C=O) groups excluding carboxylic acids is 2. The highest BCUT2D eigenvalue weighted by molar-refractivity contribution is 6.33. The average Bonchev–Trinajstić information content (AvgIpc) is 3.10. The molecule has 0 radical (unpaired) electrons. The molecule has 0 bridgehead atoms. The smallest absolute Gasteiger partial charge is 0.309 e. The van der Waals surface area contributed by atoms with E-state index < -0.39 is 17.8 Å². The van der Waals surface area contributed by atoms with Crippen LogP contribution in [-0.2, 0) is 14.3 Å². The van der Waals surface area contributed by atoms with Gasteiger partial charge in [-0.05, 0) is 37.5 Å². The van der Waals surface area contributed by atoms with Crippen LogP contribution < -0.4 is 5.32 Å². The van der Waals surface area contributed by atoms with Crippen molar-refractivity contribution in [2.75, 3.05) is 5.32 Å². The summed E-state index contributed by atoms with van der Waals surface area (Å²) in [5.41, 5.74) is 0.278.